The molecule has 0 saturated carbocycles. The van der Waals surface area contributed by atoms with Crippen LogP contribution in [-0.2, 0) is 21.4 Å². The Morgan fingerprint density at radius 2 is 1.97 bits per heavy atom. The van der Waals surface area contributed by atoms with E-state index in [0.717, 1.165) is 21.7 Å². The van der Waals surface area contributed by atoms with Crippen molar-refractivity contribution < 1.29 is 17.6 Å². The number of carbonyl (C=O) groups is 1. The lowest BCUT2D eigenvalue weighted by molar-refractivity contribution is -0.122. The third kappa shape index (κ3) is 6.22. The van der Waals surface area contributed by atoms with Gasteiger partial charge in [-0.05, 0) is 35.4 Å². The fraction of sp³-hybridized carbons (Fsp3) is 0.316. The number of amides is 1. The highest BCUT2D eigenvalue weighted by Gasteiger charge is 2.28. The summed E-state index contributed by atoms with van der Waals surface area (Å²) < 4.78 is 38.7. The topological polar surface area (TPSA) is 90.5 Å². The van der Waals surface area contributed by atoms with Crippen LogP contribution in [0.4, 0.5) is 4.39 Å². The monoisotopic (exact) mass is 440 g/mol. The van der Waals surface area contributed by atoms with Crippen LogP contribution in [0.5, 0.6) is 0 Å². The molecular formula is C19H22ClFN4O3S. The van der Waals surface area contributed by atoms with E-state index >= 15 is 0 Å². The molecule has 0 radical (unpaired) electrons. The largest absolute Gasteiger partial charge is 0.338 e. The highest BCUT2D eigenvalue weighted by molar-refractivity contribution is 7.88. The van der Waals surface area contributed by atoms with Crippen LogP contribution in [0.25, 0.3) is 0 Å². The maximum atomic E-state index is 13.4. The third-order valence-corrected chi connectivity index (χ3v) is 6.00. The lowest BCUT2D eigenvalue weighted by Gasteiger charge is -2.21. The average Bonchev–Trinajstić information content (AvgIpc) is 3.10. The van der Waals surface area contributed by atoms with Gasteiger partial charge in [-0.25, -0.2) is 23.7 Å². The Morgan fingerprint density at radius 3 is 2.62 bits per heavy atom. The van der Waals surface area contributed by atoms with E-state index in [2.05, 4.69) is 16.2 Å². The number of rotatable bonds is 7. The summed E-state index contributed by atoms with van der Waals surface area (Å²) >= 11 is 5.85. The molecule has 3 N–H and O–H groups in total. The molecule has 2 atom stereocenters. The van der Waals surface area contributed by atoms with Crippen molar-refractivity contribution in [1.82, 2.24) is 20.5 Å². The lowest BCUT2D eigenvalue weighted by atomic mass is 10.0. The van der Waals surface area contributed by atoms with E-state index in [-0.39, 0.29) is 24.9 Å². The van der Waals surface area contributed by atoms with Gasteiger partial charge < -0.3 is 5.32 Å². The molecule has 2 unspecified atom stereocenters. The van der Waals surface area contributed by atoms with E-state index in [1.165, 1.54) is 12.1 Å². The minimum atomic E-state index is -3.60. The number of nitrogens with one attached hydrogen (secondary N) is 3. The molecule has 7 nitrogen and oxygen atoms in total. The number of hydrogen-bond acceptors (Lipinski definition) is 5. The summed E-state index contributed by atoms with van der Waals surface area (Å²) in [6.45, 7) is -0.254. The first-order valence-corrected chi connectivity index (χ1v) is 11.2. The summed E-state index contributed by atoms with van der Waals surface area (Å²) in [5, 5.41) is 3.30. The van der Waals surface area contributed by atoms with Crippen LogP contribution in [0.15, 0.2) is 48.5 Å². The van der Waals surface area contributed by atoms with Crippen LogP contribution in [0.3, 0.4) is 0 Å². The maximum absolute atomic E-state index is 13.4. The number of carbonyl (C=O) groups excluding carboxylic acids is 1. The second kappa shape index (κ2) is 9.19. The highest BCUT2D eigenvalue weighted by atomic mass is 35.5. The Balaban J connectivity index is 1.58. The van der Waals surface area contributed by atoms with E-state index in [1.54, 1.807) is 36.4 Å². The molecule has 2 aromatic rings. The van der Waals surface area contributed by atoms with Crippen molar-refractivity contribution in [2.24, 2.45) is 0 Å². The van der Waals surface area contributed by atoms with Gasteiger partial charge in [0.1, 0.15) is 5.82 Å². The second-order valence-corrected chi connectivity index (χ2v) is 9.33. The molecular weight excluding hydrogens is 419 g/mol. The minimum Gasteiger partial charge on any atom is -0.338 e. The third-order valence-electron chi connectivity index (χ3n) is 4.55. The molecule has 0 aliphatic carbocycles. The predicted molar refractivity (Wildman–Crippen MR) is 109 cm³/mol. The summed E-state index contributed by atoms with van der Waals surface area (Å²) in [4.78, 5) is 12.4. The van der Waals surface area contributed by atoms with Crippen LogP contribution in [0.1, 0.15) is 23.6 Å². The number of hydrazine groups is 1. The maximum Gasteiger partial charge on any atom is 0.236 e. The molecule has 0 spiro atoms. The van der Waals surface area contributed by atoms with Crippen molar-refractivity contribution in [3.8, 4) is 0 Å². The molecule has 1 aliphatic heterocycles. The zero-order valence-corrected chi connectivity index (χ0v) is 17.3. The molecule has 1 heterocycles. The zero-order chi connectivity index (χ0) is 21.0. The first-order chi connectivity index (χ1) is 13.7. The van der Waals surface area contributed by atoms with Gasteiger partial charge >= 0.3 is 0 Å². The predicted octanol–water partition coefficient (Wildman–Crippen LogP) is 1.92. The molecule has 156 valence electrons. The molecule has 29 heavy (non-hydrogen) atoms. The van der Waals surface area contributed by atoms with Gasteiger partial charge in [0.2, 0.25) is 15.9 Å². The first-order valence-electron chi connectivity index (χ1n) is 8.96. The van der Waals surface area contributed by atoms with Crippen molar-refractivity contribution in [2.75, 3.05) is 12.8 Å². The van der Waals surface area contributed by atoms with Gasteiger partial charge in [0.05, 0.1) is 19.0 Å². The molecule has 3 rings (SSSR count). The molecule has 2 aromatic carbocycles. The average molecular weight is 441 g/mol. The van der Waals surface area contributed by atoms with Gasteiger partial charge in [0, 0.05) is 24.0 Å². The second-order valence-electron chi connectivity index (χ2n) is 6.91. The Bertz CT molecular complexity index is 972. The number of nitrogens with zero attached hydrogens (tertiary/aromatic N) is 1. The summed E-state index contributed by atoms with van der Waals surface area (Å²) in [6.07, 6.45) is 1.14. The molecule has 1 saturated heterocycles. The van der Waals surface area contributed by atoms with Crippen molar-refractivity contribution in [3.63, 3.8) is 0 Å². The first kappa shape index (κ1) is 21.7. The van der Waals surface area contributed by atoms with E-state index < -0.39 is 22.1 Å². The van der Waals surface area contributed by atoms with Crippen LogP contribution < -0.4 is 16.2 Å². The Labute approximate surface area is 174 Å². The van der Waals surface area contributed by atoms with Gasteiger partial charge in [0.25, 0.3) is 0 Å². The molecule has 0 aromatic heterocycles. The lowest BCUT2D eigenvalue weighted by Crippen LogP contribution is -2.48. The van der Waals surface area contributed by atoms with E-state index in [4.69, 9.17) is 11.6 Å². The summed E-state index contributed by atoms with van der Waals surface area (Å²) in [5.41, 5.74) is 7.43. The van der Waals surface area contributed by atoms with E-state index in [9.17, 15) is 17.6 Å². The fourth-order valence-corrected chi connectivity index (χ4v) is 3.94. The van der Waals surface area contributed by atoms with Gasteiger partial charge in [-0.3, -0.25) is 4.79 Å². The highest BCUT2D eigenvalue weighted by Crippen LogP contribution is 2.22. The van der Waals surface area contributed by atoms with Crippen molar-refractivity contribution >= 4 is 27.5 Å². The molecule has 0 bridgehead atoms. The quantitative estimate of drug-likeness (QED) is 0.612. The molecule has 10 heteroatoms. The van der Waals surface area contributed by atoms with Crippen LogP contribution in [0, 0.1) is 5.82 Å². The van der Waals surface area contributed by atoms with Crippen molar-refractivity contribution in [1.29, 1.82) is 0 Å². The normalized spacial score (nSPS) is 19.4. The van der Waals surface area contributed by atoms with E-state index in [0.29, 0.717) is 11.4 Å². The van der Waals surface area contributed by atoms with Crippen LogP contribution in [0.2, 0.25) is 5.02 Å². The van der Waals surface area contributed by atoms with Gasteiger partial charge in [-0.15, -0.1) is 0 Å². The number of benzene rings is 2. The van der Waals surface area contributed by atoms with Crippen molar-refractivity contribution in [2.45, 2.75) is 25.2 Å². The van der Waals surface area contributed by atoms with Crippen LogP contribution >= 0.6 is 11.6 Å². The SMILES string of the molecule is CS(=O)(=O)N(CC(=O)NC1CC(c2cccc(F)c2)NN1)Cc1ccc(Cl)cc1. The molecule has 1 aliphatic rings. The van der Waals surface area contributed by atoms with Gasteiger partial charge in [0.15, 0.2) is 0 Å². The summed E-state index contributed by atoms with van der Waals surface area (Å²) in [7, 11) is -3.60. The summed E-state index contributed by atoms with van der Waals surface area (Å²) in [6, 6.07) is 12.8. The zero-order valence-electron chi connectivity index (χ0n) is 15.7. The Kier molecular flexibility index (Phi) is 6.86. The summed E-state index contributed by atoms with van der Waals surface area (Å²) in [5.74, 6) is -0.772. The van der Waals surface area contributed by atoms with Crippen LogP contribution in [-0.4, -0.2) is 37.6 Å². The number of hydrogen-bond donors (Lipinski definition) is 3. The van der Waals surface area contributed by atoms with Gasteiger partial charge in [-0.2, -0.15) is 4.31 Å². The van der Waals surface area contributed by atoms with Crippen molar-refractivity contribution in [3.05, 3.63) is 70.5 Å². The standard InChI is InChI=1S/C19H22ClFN4O3S/c1-29(27,28)25(11-13-5-7-15(20)8-6-13)12-19(26)22-18-10-17(23-24-18)14-3-2-4-16(21)9-14/h2-9,17-18,23-24H,10-12H2,1H3,(H,22,26). The fourth-order valence-electron chi connectivity index (χ4n) is 3.08. The van der Waals surface area contributed by atoms with E-state index in [1.807, 2.05) is 0 Å². The van der Waals surface area contributed by atoms with Gasteiger partial charge in [-0.1, -0.05) is 35.9 Å². The number of sulfonamides is 1. The number of halogens is 2. The Hall–Kier alpha value is -2.04. The Morgan fingerprint density at radius 1 is 1.24 bits per heavy atom. The smallest absolute Gasteiger partial charge is 0.236 e. The minimum absolute atomic E-state index is 0.0612. The molecule has 1 fully saturated rings. The molecule has 1 amide bonds.